The number of hydrogen-bond acceptors (Lipinski definition) is 4. The van der Waals surface area contributed by atoms with Crippen molar-refractivity contribution in [2.24, 2.45) is 0 Å². The SMILES string of the molecule is CCNCc1ccc(OCC(C)(C)N(C)C)nc1. The first kappa shape index (κ1) is 14.9. The lowest BCUT2D eigenvalue weighted by Crippen LogP contribution is -2.43. The first-order valence-electron chi connectivity index (χ1n) is 6.41. The second kappa shape index (κ2) is 6.71. The fourth-order valence-corrected chi connectivity index (χ4v) is 1.25. The summed E-state index contributed by atoms with van der Waals surface area (Å²) in [5.41, 5.74) is 1.18. The van der Waals surface area contributed by atoms with Gasteiger partial charge in [0.05, 0.1) is 0 Å². The van der Waals surface area contributed by atoms with Gasteiger partial charge in [-0.05, 0) is 40.1 Å². The summed E-state index contributed by atoms with van der Waals surface area (Å²) in [6, 6.07) is 3.98. The van der Waals surface area contributed by atoms with E-state index in [1.54, 1.807) is 0 Å². The Morgan fingerprint density at radius 1 is 1.33 bits per heavy atom. The van der Waals surface area contributed by atoms with Crippen LogP contribution in [0.4, 0.5) is 0 Å². The summed E-state index contributed by atoms with van der Waals surface area (Å²) in [6.45, 7) is 8.83. The first-order valence-corrected chi connectivity index (χ1v) is 6.41. The molecule has 0 aliphatic carbocycles. The molecule has 102 valence electrons. The summed E-state index contributed by atoms with van der Waals surface area (Å²) in [7, 11) is 4.10. The molecule has 0 unspecified atom stereocenters. The Balaban J connectivity index is 2.49. The first-order chi connectivity index (χ1) is 8.45. The van der Waals surface area contributed by atoms with Crippen molar-refractivity contribution in [3.05, 3.63) is 23.9 Å². The molecule has 1 aromatic rings. The fourth-order valence-electron chi connectivity index (χ4n) is 1.25. The molecule has 4 nitrogen and oxygen atoms in total. The molecule has 0 saturated heterocycles. The van der Waals surface area contributed by atoms with Gasteiger partial charge in [-0.2, -0.15) is 0 Å². The third-order valence-electron chi connectivity index (χ3n) is 3.16. The van der Waals surface area contributed by atoms with Crippen molar-refractivity contribution in [2.75, 3.05) is 27.2 Å². The highest BCUT2D eigenvalue weighted by Gasteiger charge is 2.21. The molecule has 1 aromatic heterocycles. The van der Waals surface area contributed by atoms with Crippen molar-refractivity contribution >= 4 is 0 Å². The van der Waals surface area contributed by atoms with Crippen LogP contribution < -0.4 is 10.1 Å². The molecule has 0 aliphatic heterocycles. The van der Waals surface area contributed by atoms with Crippen molar-refractivity contribution in [1.29, 1.82) is 0 Å². The third kappa shape index (κ3) is 4.63. The molecule has 18 heavy (non-hydrogen) atoms. The second-order valence-corrected chi connectivity index (χ2v) is 5.28. The minimum atomic E-state index is 0.00408. The zero-order valence-corrected chi connectivity index (χ0v) is 12.2. The van der Waals surface area contributed by atoms with E-state index in [1.807, 2.05) is 18.3 Å². The topological polar surface area (TPSA) is 37.4 Å². The highest BCUT2D eigenvalue weighted by Crippen LogP contribution is 2.14. The van der Waals surface area contributed by atoms with E-state index in [-0.39, 0.29) is 5.54 Å². The van der Waals surface area contributed by atoms with E-state index >= 15 is 0 Å². The lowest BCUT2D eigenvalue weighted by molar-refractivity contribution is 0.111. The maximum Gasteiger partial charge on any atom is 0.213 e. The van der Waals surface area contributed by atoms with Crippen LogP contribution in [0, 0.1) is 0 Å². The van der Waals surface area contributed by atoms with Crippen molar-refractivity contribution in [1.82, 2.24) is 15.2 Å². The molecule has 0 spiro atoms. The van der Waals surface area contributed by atoms with E-state index in [9.17, 15) is 0 Å². The van der Waals surface area contributed by atoms with Crippen LogP contribution >= 0.6 is 0 Å². The van der Waals surface area contributed by atoms with Crippen LogP contribution in [0.5, 0.6) is 5.88 Å². The van der Waals surface area contributed by atoms with Crippen LogP contribution in [0.25, 0.3) is 0 Å². The standard InChI is InChI=1S/C14H25N3O/c1-6-15-9-12-7-8-13(16-10-12)18-11-14(2,3)17(4)5/h7-8,10,15H,6,9,11H2,1-5H3. The zero-order valence-electron chi connectivity index (χ0n) is 12.2. The predicted molar refractivity (Wildman–Crippen MR) is 74.9 cm³/mol. The fraction of sp³-hybridized carbons (Fsp3) is 0.643. The van der Waals surface area contributed by atoms with Crippen LogP contribution in [-0.2, 0) is 6.54 Å². The monoisotopic (exact) mass is 251 g/mol. The van der Waals surface area contributed by atoms with Crippen LogP contribution in [-0.4, -0.2) is 42.7 Å². The lowest BCUT2D eigenvalue weighted by Gasteiger charge is -2.31. The van der Waals surface area contributed by atoms with Gasteiger partial charge in [-0.25, -0.2) is 4.98 Å². The van der Waals surface area contributed by atoms with Crippen LogP contribution in [0.15, 0.2) is 18.3 Å². The summed E-state index contributed by atoms with van der Waals surface area (Å²) in [5.74, 6) is 0.685. The highest BCUT2D eigenvalue weighted by atomic mass is 16.5. The van der Waals surface area contributed by atoms with Gasteiger partial charge in [-0.15, -0.1) is 0 Å². The summed E-state index contributed by atoms with van der Waals surface area (Å²) >= 11 is 0. The van der Waals surface area contributed by atoms with Crippen molar-refractivity contribution < 1.29 is 4.74 Å². The Labute approximate surface area is 110 Å². The number of nitrogens with one attached hydrogen (secondary N) is 1. The Kier molecular flexibility index (Phi) is 5.56. The number of pyridine rings is 1. The Hall–Kier alpha value is -1.13. The van der Waals surface area contributed by atoms with Gasteiger partial charge in [0.15, 0.2) is 0 Å². The van der Waals surface area contributed by atoms with E-state index < -0.39 is 0 Å². The van der Waals surface area contributed by atoms with Crippen molar-refractivity contribution in [3.63, 3.8) is 0 Å². The summed E-state index contributed by atoms with van der Waals surface area (Å²) in [5, 5.41) is 3.27. The second-order valence-electron chi connectivity index (χ2n) is 5.28. The summed E-state index contributed by atoms with van der Waals surface area (Å²) in [4.78, 5) is 6.46. The lowest BCUT2D eigenvalue weighted by atomic mass is 10.1. The molecule has 0 aliphatic rings. The Morgan fingerprint density at radius 3 is 2.56 bits per heavy atom. The number of aromatic nitrogens is 1. The van der Waals surface area contributed by atoms with Crippen LogP contribution in [0.2, 0.25) is 0 Å². The predicted octanol–water partition coefficient (Wildman–Crippen LogP) is 1.91. The third-order valence-corrected chi connectivity index (χ3v) is 3.16. The molecule has 0 radical (unpaired) electrons. The molecular weight excluding hydrogens is 226 g/mol. The maximum absolute atomic E-state index is 5.72. The van der Waals surface area contributed by atoms with Crippen LogP contribution in [0.1, 0.15) is 26.3 Å². The molecule has 0 aromatic carbocycles. The zero-order chi connectivity index (χ0) is 13.6. The van der Waals surface area contributed by atoms with E-state index in [4.69, 9.17) is 4.74 Å². The van der Waals surface area contributed by atoms with Gasteiger partial charge in [0.1, 0.15) is 6.61 Å². The molecule has 4 heteroatoms. The summed E-state index contributed by atoms with van der Waals surface area (Å²) in [6.07, 6.45) is 1.86. The van der Waals surface area contributed by atoms with Gasteiger partial charge in [-0.3, -0.25) is 0 Å². The minimum Gasteiger partial charge on any atom is -0.476 e. The number of likely N-dealkylation sites (N-methyl/N-ethyl adjacent to an activating group) is 1. The van der Waals surface area contributed by atoms with Gasteiger partial charge >= 0.3 is 0 Å². The van der Waals surface area contributed by atoms with E-state index in [0.29, 0.717) is 12.5 Å². The minimum absolute atomic E-state index is 0.00408. The molecule has 1 rings (SSSR count). The van der Waals surface area contributed by atoms with Gasteiger partial charge in [0, 0.05) is 24.3 Å². The van der Waals surface area contributed by atoms with Crippen molar-refractivity contribution in [3.8, 4) is 5.88 Å². The molecule has 0 amide bonds. The van der Waals surface area contributed by atoms with Gasteiger partial charge in [0.25, 0.3) is 0 Å². The van der Waals surface area contributed by atoms with Crippen LogP contribution in [0.3, 0.4) is 0 Å². The Bertz CT molecular complexity index is 347. The molecule has 0 fully saturated rings. The van der Waals surface area contributed by atoms with Gasteiger partial charge in [-0.1, -0.05) is 13.0 Å². The molecule has 1 N–H and O–H groups in total. The number of nitrogens with zero attached hydrogens (tertiary/aromatic N) is 2. The quantitative estimate of drug-likeness (QED) is 0.803. The van der Waals surface area contributed by atoms with Gasteiger partial charge in [0.2, 0.25) is 5.88 Å². The van der Waals surface area contributed by atoms with Crippen molar-refractivity contribution in [2.45, 2.75) is 32.9 Å². The highest BCUT2D eigenvalue weighted by molar-refractivity contribution is 5.17. The average molecular weight is 251 g/mol. The number of ether oxygens (including phenoxy) is 1. The largest absolute Gasteiger partial charge is 0.476 e. The molecule has 1 heterocycles. The van der Waals surface area contributed by atoms with E-state index in [2.05, 4.69) is 50.1 Å². The average Bonchev–Trinajstić information content (AvgIpc) is 2.35. The maximum atomic E-state index is 5.72. The molecule has 0 bridgehead atoms. The molecular formula is C14H25N3O. The van der Waals surface area contributed by atoms with Gasteiger partial charge < -0.3 is 15.0 Å². The number of rotatable bonds is 7. The molecule has 0 atom stereocenters. The van der Waals surface area contributed by atoms with E-state index in [0.717, 1.165) is 13.1 Å². The number of hydrogen-bond donors (Lipinski definition) is 1. The molecule has 0 saturated carbocycles. The summed E-state index contributed by atoms with van der Waals surface area (Å²) < 4.78 is 5.72. The smallest absolute Gasteiger partial charge is 0.213 e. The Morgan fingerprint density at radius 2 is 2.06 bits per heavy atom. The van der Waals surface area contributed by atoms with E-state index in [1.165, 1.54) is 5.56 Å². The normalized spacial score (nSPS) is 11.9.